The first kappa shape index (κ1) is 17.0. The normalized spacial score (nSPS) is 13.8. The van der Waals surface area contributed by atoms with E-state index in [9.17, 15) is 4.79 Å². The van der Waals surface area contributed by atoms with E-state index >= 15 is 0 Å². The summed E-state index contributed by atoms with van der Waals surface area (Å²) in [5.41, 5.74) is 2.05. The van der Waals surface area contributed by atoms with Crippen LogP contribution >= 0.6 is 23.2 Å². The lowest BCUT2D eigenvalue weighted by atomic mass is 10.1. The van der Waals surface area contributed by atoms with Gasteiger partial charge in [0.05, 0.1) is 16.9 Å². The summed E-state index contributed by atoms with van der Waals surface area (Å²) in [7, 11) is 5.81. The fourth-order valence-electron chi connectivity index (χ4n) is 2.73. The van der Waals surface area contributed by atoms with Gasteiger partial charge in [0, 0.05) is 25.2 Å². The smallest absolute Gasteiger partial charge is 0.260 e. The molecule has 2 aromatic rings. The van der Waals surface area contributed by atoms with Gasteiger partial charge in [-0.3, -0.25) is 4.79 Å². The molecule has 0 bridgehead atoms. The number of fused-ring (bicyclic) bond motifs is 2. The maximum Gasteiger partial charge on any atom is 0.260 e. The first-order valence-electron chi connectivity index (χ1n) is 7.55. The SMILES string of the molecule is CN(C)CCN1C(=O)c2ccc(Cl)cc2N(C)c2nc(Cl)ccc21. The van der Waals surface area contributed by atoms with Crippen molar-refractivity contribution in [2.75, 3.05) is 44.0 Å². The first-order chi connectivity index (χ1) is 11.4. The van der Waals surface area contributed by atoms with E-state index in [2.05, 4.69) is 4.98 Å². The van der Waals surface area contributed by atoms with E-state index < -0.39 is 0 Å². The molecule has 3 rings (SSSR count). The average molecular weight is 365 g/mol. The first-order valence-corrected chi connectivity index (χ1v) is 8.30. The van der Waals surface area contributed by atoms with Crippen LogP contribution in [0.3, 0.4) is 0 Å². The Morgan fingerprint density at radius 2 is 1.88 bits per heavy atom. The number of hydrogen-bond donors (Lipinski definition) is 0. The summed E-state index contributed by atoms with van der Waals surface area (Å²) in [6, 6.07) is 8.80. The molecule has 0 fully saturated rings. The summed E-state index contributed by atoms with van der Waals surface area (Å²) in [4.78, 5) is 23.2. The van der Waals surface area contributed by atoms with Gasteiger partial charge < -0.3 is 14.7 Å². The van der Waals surface area contributed by atoms with E-state index in [0.29, 0.717) is 28.1 Å². The van der Waals surface area contributed by atoms with Crippen LogP contribution in [0, 0.1) is 0 Å². The fourth-order valence-corrected chi connectivity index (χ4v) is 3.04. The Hall–Kier alpha value is -1.82. The standard InChI is InChI=1S/C17H18Cl2N4O/c1-21(2)8-9-23-13-6-7-15(19)20-16(13)22(3)14-10-11(18)4-5-12(14)17(23)24/h4-7,10H,8-9H2,1-3H3. The van der Waals surface area contributed by atoms with Crippen molar-refractivity contribution >= 4 is 46.3 Å². The quantitative estimate of drug-likeness (QED) is 0.778. The van der Waals surface area contributed by atoms with E-state index in [-0.39, 0.29) is 5.91 Å². The second-order valence-corrected chi connectivity index (χ2v) is 6.78. The van der Waals surface area contributed by atoms with Crippen LogP contribution in [-0.2, 0) is 0 Å². The molecule has 0 unspecified atom stereocenters. The zero-order chi connectivity index (χ0) is 17.4. The molecule has 0 atom stereocenters. The van der Waals surface area contributed by atoms with Crippen LogP contribution in [0.15, 0.2) is 30.3 Å². The second kappa shape index (κ2) is 6.59. The van der Waals surface area contributed by atoms with Crippen molar-refractivity contribution in [3.8, 4) is 0 Å². The summed E-state index contributed by atoms with van der Waals surface area (Å²) >= 11 is 12.2. The Labute approximate surface area is 151 Å². The van der Waals surface area contributed by atoms with Crippen molar-refractivity contribution in [3.63, 3.8) is 0 Å². The van der Waals surface area contributed by atoms with Crippen LogP contribution in [0.4, 0.5) is 17.2 Å². The third kappa shape index (κ3) is 3.07. The van der Waals surface area contributed by atoms with Gasteiger partial charge in [-0.25, -0.2) is 4.98 Å². The Bertz CT molecular complexity index is 794. The summed E-state index contributed by atoms with van der Waals surface area (Å²) in [5.74, 6) is 0.564. The number of nitrogens with zero attached hydrogens (tertiary/aromatic N) is 4. The highest BCUT2D eigenvalue weighted by Gasteiger charge is 2.30. The Morgan fingerprint density at radius 3 is 2.58 bits per heavy atom. The van der Waals surface area contributed by atoms with Gasteiger partial charge in [0.1, 0.15) is 5.15 Å². The summed E-state index contributed by atoms with van der Waals surface area (Å²) < 4.78 is 0. The van der Waals surface area contributed by atoms with Gasteiger partial charge in [-0.2, -0.15) is 0 Å². The molecular weight excluding hydrogens is 347 g/mol. The molecule has 2 heterocycles. The zero-order valence-corrected chi connectivity index (χ0v) is 15.3. The number of hydrogen-bond acceptors (Lipinski definition) is 4. The van der Waals surface area contributed by atoms with Crippen molar-refractivity contribution in [1.29, 1.82) is 0 Å². The predicted octanol–water partition coefficient (Wildman–Crippen LogP) is 3.68. The van der Waals surface area contributed by atoms with E-state index in [1.165, 1.54) is 0 Å². The number of carbonyl (C=O) groups is 1. The monoisotopic (exact) mass is 364 g/mol. The molecule has 7 heteroatoms. The number of anilines is 3. The molecule has 0 saturated heterocycles. The molecule has 0 aliphatic carbocycles. The lowest BCUT2D eigenvalue weighted by molar-refractivity contribution is 0.0986. The molecule has 1 amide bonds. The molecule has 126 valence electrons. The van der Waals surface area contributed by atoms with Crippen LogP contribution in [0.1, 0.15) is 10.4 Å². The molecular formula is C17H18Cl2N4O. The van der Waals surface area contributed by atoms with Crippen molar-refractivity contribution in [1.82, 2.24) is 9.88 Å². The van der Waals surface area contributed by atoms with Gasteiger partial charge in [0.15, 0.2) is 5.82 Å². The number of aromatic nitrogens is 1. The van der Waals surface area contributed by atoms with Crippen molar-refractivity contribution < 1.29 is 4.79 Å². The van der Waals surface area contributed by atoms with Crippen LogP contribution < -0.4 is 9.80 Å². The van der Waals surface area contributed by atoms with Gasteiger partial charge in [-0.1, -0.05) is 23.2 Å². The van der Waals surface area contributed by atoms with Crippen molar-refractivity contribution in [3.05, 3.63) is 46.1 Å². The minimum Gasteiger partial charge on any atom is -0.327 e. The van der Waals surface area contributed by atoms with Gasteiger partial charge in [-0.15, -0.1) is 0 Å². The summed E-state index contributed by atoms with van der Waals surface area (Å²) in [6.45, 7) is 1.29. The number of likely N-dealkylation sites (N-methyl/N-ethyl adjacent to an activating group) is 1. The highest BCUT2D eigenvalue weighted by Crippen LogP contribution is 2.39. The van der Waals surface area contributed by atoms with Crippen LogP contribution in [-0.4, -0.2) is 50.0 Å². The molecule has 24 heavy (non-hydrogen) atoms. The molecule has 0 N–H and O–H groups in total. The van der Waals surface area contributed by atoms with E-state index in [0.717, 1.165) is 17.9 Å². The van der Waals surface area contributed by atoms with Gasteiger partial charge in [0.25, 0.3) is 5.91 Å². The molecule has 1 aliphatic rings. The molecule has 1 aromatic carbocycles. The largest absolute Gasteiger partial charge is 0.327 e. The Balaban J connectivity index is 2.19. The third-order valence-electron chi connectivity index (χ3n) is 4.00. The molecule has 0 spiro atoms. The predicted molar refractivity (Wildman–Crippen MR) is 99.0 cm³/mol. The minimum absolute atomic E-state index is 0.0711. The van der Waals surface area contributed by atoms with Gasteiger partial charge in [0.2, 0.25) is 0 Å². The van der Waals surface area contributed by atoms with Crippen molar-refractivity contribution in [2.24, 2.45) is 0 Å². The Kier molecular flexibility index (Phi) is 4.67. The lowest BCUT2D eigenvalue weighted by Gasteiger charge is -2.25. The van der Waals surface area contributed by atoms with Gasteiger partial charge >= 0.3 is 0 Å². The highest BCUT2D eigenvalue weighted by molar-refractivity contribution is 6.31. The van der Waals surface area contributed by atoms with E-state index in [4.69, 9.17) is 23.2 Å². The van der Waals surface area contributed by atoms with E-state index in [1.54, 1.807) is 29.2 Å². The molecule has 0 radical (unpaired) electrons. The number of rotatable bonds is 3. The number of pyridine rings is 1. The highest BCUT2D eigenvalue weighted by atomic mass is 35.5. The van der Waals surface area contributed by atoms with E-state index in [1.807, 2.05) is 37.0 Å². The summed E-state index contributed by atoms with van der Waals surface area (Å²) in [5, 5.41) is 0.949. The number of carbonyl (C=O) groups excluding carboxylic acids is 1. The zero-order valence-electron chi connectivity index (χ0n) is 13.8. The van der Waals surface area contributed by atoms with Crippen molar-refractivity contribution in [2.45, 2.75) is 0 Å². The molecule has 5 nitrogen and oxygen atoms in total. The molecule has 1 aromatic heterocycles. The minimum atomic E-state index is -0.0711. The molecule has 1 aliphatic heterocycles. The van der Waals surface area contributed by atoms with Crippen LogP contribution in [0.2, 0.25) is 10.2 Å². The van der Waals surface area contributed by atoms with Gasteiger partial charge in [-0.05, 0) is 44.4 Å². The number of halogens is 2. The summed E-state index contributed by atoms with van der Waals surface area (Å²) in [6.07, 6.45) is 0. The fraction of sp³-hybridized carbons (Fsp3) is 0.294. The maximum atomic E-state index is 13.1. The maximum absolute atomic E-state index is 13.1. The molecule has 0 saturated carbocycles. The lowest BCUT2D eigenvalue weighted by Crippen LogP contribution is -2.36. The number of benzene rings is 1. The van der Waals surface area contributed by atoms with Crippen LogP contribution in [0.25, 0.3) is 0 Å². The average Bonchev–Trinajstić information content (AvgIpc) is 2.61. The topological polar surface area (TPSA) is 39.7 Å². The second-order valence-electron chi connectivity index (χ2n) is 5.96. The third-order valence-corrected chi connectivity index (χ3v) is 4.44. The number of amides is 1. The Morgan fingerprint density at radius 1 is 1.12 bits per heavy atom. The van der Waals surface area contributed by atoms with Crippen LogP contribution in [0.5, 0.6) is 0 Å².